The molecule has 0 unspecified atom stereocenters. The molecule has 0 atom stereocenters. The summed E-state index contributed by atoms with van der Waals surface area (Å²) >= 11 is 5.75. The molecule has 0 saturated carbocycles. The lowest BCUT2D eigenvalue weighted by atomic mass is 10.1. The van der Waals surface area contributed by atoms with Crippen LogP contribution in [-0.2, 0) is 12.8 Å². The number of halogens is 4. The van der Waals surface area contributed by atoms with Crippen molar-refractivity contribution in [2.24, 2.45) is 0 Å². The molecule has 2 rings (SSSR count). The Hall–Kier alpha value is -1.72. The van der Waals surface area contributed by atoms with Crippen LogP contribution in [0, 0.1) is 0 Å². The van der Waals surface area contributed by atoms with Gasteiger partial charge in [0.15, 0.2) is 0 Å². The largest absolute Gasteiger partial charge is 0.457 e. The molecule has 2 aromatic carbocycles. The molecule has 1 N–H and O–H groups in total. The minimum absolute atomic E-state index is 0.163. The molecule has 0 radical (unpaired) electrons. The maximum atomic E-state index is 13.0. The molecule has 106 valence electrons. The molecule has 0 spiro atoms. The van der Waals surface area contributed by atoms with Crippen molar-refractivity contribution in [2.75, 3.05) is 0 Å². The van der Waals surface area contributed by atoms with Crippen LogP contribution in [-0.4, -0.2) is 5.11 Å². The number of aliphatic hydroxyl groups excluding tert-OH is 1. The van der Waals surface area contributed by atoms with Crippen LogP contribution in [0.15, 0.2) is 42.5 Å². The molecule has 0 bridgehead atoms. The van der Waals surface area contributed by atoms with Gasteiger partial charge in [-0.1, -0.05) is 23.7 Å². The van der Waals surface area contributed by atoms with Crippen molar-refractivity contribution in [1.82, 2.24) is 0 Å². The van der Waals surface area contributed by atoms with E-state index in [2.05, 4.69) is 0 Å². The smallest absolute Gasteiger partial charge is 0.419 e. The summed E-state index contributed by atoms with van der Waals surface area (Å²) in [6.45, 7) is -0.472. The predicted octanol–water partition coefficient (Wildman–Crippen LogP) is 4.64. The Morgan fingerprint density at radius 3 is 2.45 bits per heavy atom. The highest BCUT2D eigenvalue weighted by atomic mass is 35.5. The predicted molar refractivity (Wildman–Crippen MR) is 68.9 cm³/mol. The number of ether oxygens (including phenoxy) is 1. The molecule has 0 aliphatic heterocycles. The van der Waals surface area contributed by atoms with Gasteiger partial charge in [0.25, 0.3) is 0 Å². The summed E-state index contributed by atoms with van der Waals surface area (Å²) in [4.78, 5) is 0. The average Bonchev–Trinajstić information content (AvgIpc) is 2.38. The Morgan fingerprint density at radius 1 is 1.10 bits per heavy atom. The summed E-state index contributed by atoms with van der Waals surface area (Å²) in [7, 11) is 0. The topological polar surface area (TPSA) is 29.5 Å². The van der Waals surface area contributed by atoms with Gasteiger partial charge in [-0.15, -0.1) is 0 Å². The zero-order chi connectivity index (χ0) is 14.8. The van der Waals surface area contributed by atoms with Gasteiger partial charge in [0.2, 0.25) is 0 Å². The highest BCUT2D eigenvalue weighted by Gasteiger charge is 2.34. The number of rotatable bonds is 3. The van der Waals surface area contributed by atoms with E-state index in [0.717, 1.165) is 6.07 Å². The molecule has 0 amide bonds. The van der Waals surface area contributed by atoms with Crippen LogP contribution >= 0.6 is 11.6 Å². The molecule has 0 saturated heterocycles. The highest BCUT2D eigenvalue weighted by molar-refractivity contribution is 6.30. The van der Waals surface area contributed by atoms with E-state index in [1.807, 2.05) is 0 Å². The summed E-state index contributed by atoms with van der Waals surface area (Å²) < 4.78 is 44.1. The van der Waals surface area contributed by atoms with E-state index >= 15 is 0 Å². The third-order valence-electron chi connectivity index (χ3n) is 2.56. The monoisotopic (exact) mass is 302 g/mol. The number of alkyl halides is 3. The maximum Gasteiger partial charge on any atom is 0.419 e. The lowest BCUT2D eigenvalue weighted by Crippen LogP contribution is -2.08. The minimum Gasteiger partial charge on any atom is -0.457 e. The third kappa shape index (κ3) is 3.43. The van der Waals surface area contributed by atoms with Gasteiger partial charge in [-0.2, -0.15) is 13.2 Å². The van der Waals surface area contributed by atoms with Crippen LogP contribution in [0.1, 0.15) is 11.1 Å². The quantitative estimate of drug-likeness (QED) is 0.894. The molecule has 6 heteroatoms. The van der Waals surface area contributed by atoms with Crippen molar-refractivity contribution in [3.8, 4) is 11.5 Å². The first-order valence-corrected chi connectivity index (χ1v) is 6.02. The van der Waals surface area contributed by atoms with Gasteiger partial charge in [0.05, 0.1) is 12.2 Å². The molecule has 2 aromatic rings. The van der Waals surface area contributed by atoms with Gasteiger partial charge in [0, 0.05) is 5.02 Å². The number of hydrogen-bond donors (Lipinski definition) is 1. The first-order valence-electron chi connectivity index (χ1n) is 5.64. The standard InChI is InChI=1S/C14H10ClF3O2/c15-10-2-1-3-11(7-10)20-13-5-4-9(8-19)6-12(13)14(16,17)18/h1-7,19H,8H2. The Balaban J connectivity index is 2.41. The van der Waals surface area contributed by atoms with Crippen molar-refractivity contribution < 1.29 is 23.0 Å². The second kappa shape index (κ2) is 5.73. The molecule has 0 aliphatic carbocycles. The van der Waals surface area contributed by atoms with Crippen LogP contribution < -0.4 is 4.74 Å². The second-order valence-electron chi connectivity index (χ2n) is 4.05. The molecule has 2 nitrogen and oxygen atoms in total. The molecule has 0 aliphatic rings. The molecule has 0 heterocycles. The average molecular weight is 303 g/mol. The Labute approximate surface area is 118 Å². The van der Waals surface area contributed by atoms with E-state index < -0.39 is 18.3 Å². The lowest BCUT2D eigenvalue weighted by molar-refractivity contribution is -0.138. The summed E-state index contributed by atoms with van der Waals surface area (Å²) in [5.41, 5.74) is -0.778. The van der Waals surface area contributed by atoms with Crippen LogP contribution in [0.4, 0.5) is 13.2 Å². The normalized spacial score (nSPS) is 11.4. The summed E-state index contributed by atoms with van der Waals surface area (Å²) in [6.07, 6.45) is -4.57. The van der Waals surface area contributed by atoms with Gasteiger partial charge in [-0.3, -0.25) is 0 Å². The fourth-order valence-electron chi connectivity index (χ4n) is 1.64. The lowest BCUT2D eigenvalue weighted by Gasteiger charge is -2.14. The zero-order valence-corrected chi connectivity index (χ0v) is 10.9. The molecule has 20 heavy (non-hydrogen) atoms. The fraction of sp³-hybridized carbons (Fsp3) is 0.143. The van der Waals surface area contributed by atoms with Crippen molar-refractivity contribution in [1.29, 1.82) is 0 Å². The Bertz CT molecular complexity index is 612. The first kappa shape index (κ1) is 14.7. The van der Waals surface area contributed by atoms with E-state index in [0.29, 0.717) is 5.02 Å². The van der Waals surface area contributed by atoms with Crippen molar-refractivity contribution >= 4 is 11.6 Å². The van der Waals surface area contributed by atoms with Gasteiger partial charge in [-0.25, -0.2) is 0 Å². The van der Waals surface area contributed by atoms with Crippen LogP contribution in [0.3, 0.4) is 0 Å². The number of hydrogen-bond acceptors (Lipinski definition) is 2. The summed E-state index contributed by atoms with van der Waals surface area (Å²) in [5.74, 6) is -0.128. The van der Waals surface area contributed by atoms with E-state index in [1.165, 1.54) is 24.3 Å². The van der Waals surface area contributed by atoms with Crippen molar-refractivity contribution in [3.05, 3.63) is 58.6 Å². The molecule has 0 aromatic heterocycles. The second-order valence-corrected chi connectivity index (χ2v) is 4.48. The SMILES string of the molecule is OCc1ccc(Oc2cccc(Cl)c2)c(C(F)(F)F)c1. The van der Waals surface area contributed by atoms with Gasteiger partial charge in [-0.05, 0) is 35.9 Å². The van der Waals surface area contributed by atoms with Gasteiger partial charge in [0.1, 0.15) is 11.5 Å². The number of aliphatic hydroxyl groups is 1. The van der Waals surface area contributed by atoms with Crippen LogP contribution in [0.2, 0.25) is 5.02 Å². The molecule has 0 fully saturated rings. The van der Waals surface area contributed by atoms with Crippen molar-refractivity contribution in [3.63, 3.8) is 0 Å². The first-order chi connectivity index (χ1) is 9.40. The van der Waals surface area contributed by atoms with Crippen LogP contribution in [0.25, 0.3) is 0 Å². The van der Waals surface area contributed by atoms with Crippen LogP contribution in [0.5, 0.6) is 11.5 Å². The maximum absolute atomic E-state index is 13.0. The third-order valence-corrected chi connectivity index (χ3v) is 2.79. The van der Waals surface area contributed by atoms with Gasteiger partial charge < -0.3 is 9.84 Å². The van der Waals surface area contributed by atoms with E-state index in [1.54, 1.807) is 12.1 Å². The highest BCUT2D eigenvalue weighted by Crippen LogP contribution is 2.39. The summed E-state index contributed by atoms with van der Waals surface area (Å²) in [5, 5.41) is 9.28. The summed E-state index contributed by atoms with van der Waals surface area (Å²) in [6, 6.07) is 9.50. The van der Waals surface area contributed by atoms with Crippen molar-refractivity contribution in [2.45, 2.75) is 12.8 Å². The fourth-order valence-corrected chi connectivity index (χ4v) is 1.82. The molecular weight excluding hydrogens is 293 g/mol. The van der Waals surface area contributed by atoms with E-state index in [4.69, 9.17) is 21.4 Å². The van der Waals surface area contributed by atoms with E-state index in [9.17, 15) is 13.2 Å². The molecular formula is C14H10ClF3O2. The Morgan fingerprint density at radius 2 is 1.85 bits per heavy atom. The van der Waals surface area contributed by atoms with Gasteiger partial charge >= 0.3 is 6.18 Å². The Kier molecular flexibility index (Phi) is 4.20. The zero-order valence-electron chi connectivity index (χ0n) is 10.1. The van der Waals surface area contributed by atoms with E-state index in [-0.39, 0.29) is 17.1 Å². The number of benzene rings is 2. The minimum atomic E-state index is -4.57.